The van der Waals surface area contributed by atoms with Gasteiger partial charge in [-0.05, 0) is 0 Å². The van der Waals surface area contributed by atoms with E-state index in [1.807, 2.05) is 5.43 Å². The molecule has 0 saturated heterocycles. The van der Waals surface area contributed by atoms with Crippen LogP contribution in [0, 0.1) is 0 Å². The number of aromatic nitrogens is 1. The Kier molecular flexibility index (Phi) is 2.45. The Morgan fingerprint density at radius 1 is 1.82 bits per heavy atom. The summed E-state index contributed by atoms with van der Waals surface area (Å²) in [7, 11) is 0. The molecular formula is C5H8N4O2. The summed E-state index contributed by atoms with van der Waals surface area (Å²) in [6, 6.07) is 1.20. The summed E-state index contributed by atoms with van der Waals surface area (Å²) in [5.74, 6) is 4.81. The monoisotopic (exact) mass is 156 g/mol. The number of nitrogens with two attached hydrogens (primary N) is 1. The van der Waals surface area contributed by atoms with Gasteiger partial charge in [-0.15, -0.1) is 0 Å². The minimum absolute atomic E-state index is 0.305. The van der Waals surface area contributed by atoms with Gasteiger partial charge in [-0.3, -0.25) is 5.43 Å². The first-order chi connectivity index (χ1) is 5.33. The average Bonchev–Trinajstić information content (AvgIpc) is 2.52. The molecule has 0 aliphatic heterocycles. The number of hydrogen-bond donors (Lipinski definition) is 3. The van der Waals surface area contributed by atoms with Gasteiger partial charge in [0.15, 0.2) is 0 Å². The second kappa shape index (κ2) is 3.57. The van der Waals surface area contributed by atoms with Crippen LogP contribution in [0.1, 0.15) is 5.69 Å². The van der Waals surface area contributed by atoms with Crippen molar-refractivity contribution in [1.29, 1.82) is 0 Å². The number of amides is 2. The van der Waals surface area contributed by atoms with Crippen molar-refractivity contribution in [3.05, 3.63) is 18.0 Å². The van der Waals surface area contributed by atoms with Gasteiger partial charge in [0.05, 0.1) is 6.54 Å². The first kappa shape index (κ1) is 7.55. The van der Waals surface area contributed by atoms with Crippen LogP contribution in [0.25, 0.3) is 0 Å². The zero-order chi connectivity index (χ0) is 8.10. The summed E-state index contributed by atoms with van der Waals surface area (Å²) in [6.45, 7) is 0.305. The van der Waals surface area contributed by atoms with Gasteiger partial charge in [0, 0.05) is 6.07 Å². The van der Waals surface area contributed by atoms with Crippen molar-refractivity contribution in [3.8, 4) is 0 Å². The molecule has 0 aliphatic rings. The molecule has 2 amide bonds. The molecule has 1 rings (SSSR count). The standard InChI is InChI=1S/C5H8N4O2/c6-8-5(10)7-3-4-1-2-11-9-4/h1-2H,3,6H2,(H2,7,8,10). The van der Waals surface area contributed by atoms with Crippen molar-refractivity contribution >= 4 is 6.03 Å². The third-order valence-corrected chi connectivity index (χ3v) is 1.05. The Morgan fingerprint density at radius 3 is 3.18 bits per heavy atom. The third kappa shape index (κ3) is 2.26. The zero-order valence-electron chi connectivity index (χ0n) is 5.70. The van der Waals surface area contributed by atoms with E-state index in [0.717, 1.165) is 0 Å². The molecule has 0 bridgehead atoms. The molecule has 0 aliphatic carbocycles. The van der Waals surface area contributed by atoms with Crippen molar-refractivity contribution < 1.29 is 9.32 Å². The maximum atomic E-state index is 10.5. The second-order valence-electron chi connectivity index (χ2n) is 1.82. The van der Waals surface area contributed by atoms with E-state index in [2.05, 4.69) is 15.0 Å². The first-order valence-corrected chi connectivity index (χ1v) is 2.96. The van der Waals surface area contributed by atoms with Gasteiger partial charge < -0.3 is 9.84 Å². The number of carbonyl (C=O) groups excluding carboxylic acids is 1. The maximum absolute atomic E-state index is 10.5. The fourth-order valence-electron chi connectivity index (χ4n) is 0.551. The number of urea groups is 1. The Bertz CT molecular complexity index is 220. The highest BCUT2D eigenvalue weighted by Gasteiger charge is 1.98. The third-order valence-electron chi connectivity index (χ3n) is 1.05. The molecule has 6 heteroatoms. The fraction of sp³-hybridized carbons (Fsp3) is 0.200. The van der Waals surface area contributed by atoms with E-state index in [1.54, 1.807) is 6.07 Å². The highest BCUT2D eigenvalue weighted by molar-refractivity contribution is 5.72. The van der Waals surface area contributed by atoms with Crippen LogP contribution >= 0.6 is 0 Å². The molecule has 0 fully saturated rings. The smallest absolute Gasteiger partial charge is 0.329 e. The average molecular weight is 156 g/mol. The number of nitrogens with zero attached hydrogens (tertiary/aromatic N) is 1. The van der Waals surface area contributed by atoms with Gasteiger partial charge >= 0.3 is 6.03 Å². The summed E-state index contributed by atoms with van der Waals surface area (Å²) in [4.78, 5) is 10.5. The Labute approximate surface area is 62.7 Å². The molecule has 0 radical (unpaired) electrons. The van der Waals surface area contributed by atoms with Crippen LogP contribution in [0.4, 0.5) is 4.79 Å². The summed E-state index contributed by atoms with van der Waals surface area (Å²) in [5, 5.41) is 6.00. The number of hydrogen-bond acceptors (Lipinski definition) is 4. The Morgan fingerprint density at radius 2 is 2.64 bits per heavy atom. The molecule has 0 atom stereocenters. The number of carbonyl (C=O) groups is 1. The lowest BCUT2D eigenvalue weighted by molar-refractivity contribution is 0.240. The van der Waals surface area contributed by atoms with Gasteiger partial charge in [-0.1, -0.05) is 5.16 Å². The molecule has 4 N–H and O–H groups in total. The largest absolute Gasteiger partial charge is 0.364 e. The van der Waals surface area contributed by atoms with Crippen molar-refractivity contribution in [1.82, 2.24) is 15.9 Å². The molecule has 0 spiro atoms. The van der Waals surface area contributed by atoms with Crippen LogP contribution in [-0.4, -0.2) is 11.2 Å². The highest BCUT2D eigenvalue weighted by atomic mass is 16.5. The van der Waals surface area contributed by atoms with Crippen molar-refractivity contribution in [2.24, 2.45) is 5.84 Å². The lowest BCUT2D eigenvalue weighted by atomic mass is 10.4. The molecule has 11 heavy (non-hydrogen) atoms. The highest BCUT2D eigenvalue weighted by Crippen LogP contribution is 1.91. The predicted octanol–water partition coefficient (Wildman–Crippen LogP) is -0.653. The number of nitrogens with one attached hydrogen (secondary N) is 2. The quantitative estimate of drug-likeness (QED) is 0.301. The maximum Gasteiger partial charge on any atom is 0.329 e. The minimum atomic E-state index is -0.451. The molecule has 60 valence electrons. The summed E-state index contributed by atoms with van der Waals surface area (Å²) < 4.78 is 4.53. The van der Waals surface area contributed by atoms with Crippen LogP contribution in [-0.2, 0) is 6.54 Å². The number of hydrazine groups is 1. The van der Waals surface area contributed by atoms with E-state index in [0.29, 0.717) is 12.2 Å². The lowest BCUT2D eigenvalue weighted by Gasteiger charge is -1.98. The van der Waals surface area contributed by atoms with E-state index in [-0.39, 0.29) is 0 Å². The van der Waals surface area contributed by atoms with Crippen LogP contribution in [0.15, 0.2) is 16.9 Å². The molecule has 6 nitrogen and oxygen atoms in total. The first-order valence-electron chi connectivity index (χ1n) is 2.96. The molecular weight excluding hydrogens is 148 g/mol. The van der Waals surface area contributed by atoms with Crippen molar-refractivity contribution in [2.75, 3.05) is 0 Å². The van der Waals surface area contributed by atoms with E-state index >= 15 is 0 Å². The lowest BCUT2D eigenvalue weighted by Crippen LogP contribution is -2.39. The molecule has 1 heterocycles. The summed E-state index contributed by atoms with van der Waals surface area (Å²) in [6.07, 6.45) is 1.43. The normalized spacial score (nSPS) is 9.18. The van der Waals surface area contributed by atoms with Crippen LogP contribution < -0.4 is 16.6 Å². The van der Waals surface area contributed by atoms with Gasteiger partial charge in [0.25, 0.3) is 0 Å². The predicted molar refractivity (Wildman–Crippen MR) is 36.1 cm³/mol. The van der Waals surface area contributed by atoms with Gasteiger partial charge in [-0.2, -0.15) is 0 Å². The van der Waals surface area contributed by atoms with Gasteiger partial charge in [-0.25, -0.2) is 10.6 Å². The van der Waals surface area contributed by atoms with E-state index < -0.39 is 6.03 Å². The molecule has 0 aromatic carbocycles. The Balaban J connectivity index is 2.29. The van der Waals surface area contributed by atoms with E-state index in [1.165, 1.54) is 6.26 Å². The van der Waals surface area contributed by atoms with Crippen LogP contribution in [0.5, 0.6) is 0 Å². The SMILES string of the molecule is NNC(=O)NCc1ccon1. The molecule has 0 unspecified atom stereocenters. The second-order valence-corrected chi connectivity index (χ2v) is 1.82. The zero-order valence-corrected chi connectivity index (χ0v) is 5.70. The summed E-state index contributed by atoms with van der Waals surface area (Å²) in [5.41, 5.74) is 2.57. The van der Waals surface area contributed by atoms with Gasteiger partial charge in [0.1, 0.15) is 12.0 Å². The molecule has 1 aromatic rings. The topological polar surface area (TPSA) is 93.2 Å². The molecule has 1 aromatic heterocycles. The fourth-order valence-corrected chi connectivity index (χ4v) is 0.551. The van der Waals surface area contributed by atoms with Crippen LogP contribution in [0.3, 0.4) is 0 Å². The molecule has 0 saturated carbocycles. The van der Waals surface area contributed by atoms with E-state index in [4.69, 9.17) is 5.84 Å². The Hall–Kier alpha value is -1.56. The van der Waals surface area contributed by atoms with Crippen molar-refractivity contribution in [3.63, 3.8) is 0 Å². The minimum Gasteiger partial charge on any atom is -0.364 e. The van der Waals surface area contributed by atoms with Gasteiger partial charge in [0.2, 0.25) is 0 Å². The van der Waals surface area contributed by atoms with Crippen LogP contribution in [0.2, 0.25) is 0 Å². The van der Waals surface area contributed by atoms with Crippen molar-refractivity contribution in [2.45, 2.75) is 6.54 Å². The van der Waals surface area contributed by atoms with E-state index in [9.17, 15) is 4.79 Å². The summed E-state index contributed by atoms with van der Waals surface area (Å²) >= 11 is 0. The number of rotatable bonds is 2.